The third kappa shape index (κ3) is 4.50. The molecule has 2 aliphatic heterocycles. The Kier molecular flexibility index (Phi) is 5.39. The lowest BCUT2D eigenvalue weighted by Crippen LogP contribution is -2.49. The summed E-state index contributed by atoms with van der Waals surface area (Å²) >= 11 is 0. The number of piperidine rings is 2. The van der Waals surface area contributed by atoms with Crippen molar-refractivity contribution < 1.29 is 9.90 Å². The zero-order chi connectivity index (χ0) is 18.2. The van der Waals surface area contributed by atoms with Crippen LogP contribution in [0.2, 0.25) is 0 Å². The third-order valence-corrected chi connectivity index (χ3v) is 7.45. The van der Waals surface area contributed by atoms with E-state index >= 15 is 0 Å². The van der Waals surface area contributed by atoms with Crippen LogP contribution in [0.5, 0.6) is 0 Å². The average Bonchev–Trinajstić information content (AvgIpc) is 3.48. The van der Waals surface area contributed by atoms with Gasteiger partial charge >= 0.3 is 6.09 Å². The molecule has 4 aliphatic rings. The highest BCUT2D eigenvalue weighted by molar-refractivity contribution is 5.65. The second-order valence-electron chi connectivity index (χ2n) is 10.1. The Hall–Kier alpha value is -0.770. The van der Waals surface area contributed by atoms with Gasteiger partial charge in [-0.15, -0.1) is 0 Å². The lowest BCUT2D eigenvalue weighted by Gasteiger charge is -2.40. The minimum Gasteiger partial charge on any atom is -0.465 e. The van der Waals surface area contributed by atoms with E-state index in [-0.39, 0.29) is 6.04 Å². The predicted octanol–water partition coefficient (Wildman–Crippen LogP) is 4.74. The van der Waals surface area contributed by atoms with Gasteiger partial charge in [0, 0.05) is 18.6 Å². The molecule has 0 bridgehead atoms. The molecule has 0 aromatic carbocycles. The Morgan fingerprint density at radius 1 is 0.960 bits per heavy atom. The van der Waals surface area contributed by atoms with Crippen LogP contribution in [0.1, 0.15) is 79.1 Å². The first kappa shape index (κ1) is 19.0. The van der Waals surface area contributed by atoms with Gasteiger partial charge in [-0.1, -0.05) is 27.7 Å². The number of likely N-dealkylation sites (tertiary alicyclic amines) is 1. The summed E-state index contributed by atoms with van der Waals surface area (Å²) < 4.78 is 0. The maximum atomic E-state index is 11.1. The summed E-state index contributed by atoms with van der Waals surface area (Å²) in [7, 11) is 0. The van der Waals surface area contributed by atoms with Gasteiger partial charge in [-0.2, -0.15) is 0 Å². The fourth-order valence-electron chi connectivity index (χ4n) is 4.76. The molecule has 4 atom stereocenters. The van der Waals surface area contributed by atoms with Crippen molar-refractivity contribution in [2.24, 2.45) is 22.7 Å². The van der Waals surface area contributed by atoms with Gasteiger partial charge < -0.3 is 15.3 Å². The molecular weight excluding hydrogens is 312 g/mol. The van der Waals surface area contributed by atoms with Crippen LogP contribution in [0, 0.1) is 22.7 Å². The zero-order valence-corrected chi connectivity index (χ0v) is 16.7. The van der Waals surface area contributed by atoms with Crippen LogP contribution >= 0.6 is 0 Å². The lowest BCUT2D eigenvalue weighted by molar-refractivity contribution is 0.0627. The fourth-order valence-corrected chi connectivity index (χ4v) is 4.76. The first-order valence-corrected chi connectivity index (χ1v) is 10.5. The molecule has 0 aromatic rings. The average molecular weight is 351 g/mol. The van der Waals surface area contributed by atoms with Crippen LogP contribution in [0.25, 0.3) is 0 Å². The van der Waals surface area contributed by atoms with Gasteiger partial charge in [-0.25, -0.2) is 4.79 Å². The summed E-state index contributed by atoms with van der Waals surface area (Å²) in [5, 5.41) is 12.8. The second kappa shape index (κ2) is 7.09. The largest absolute Gasteiger partial charge is 0.465 e. The SMILES string of the molecule is CC1CCC(C2(C)CC2)N(C(=O)O)C1.CC1CCC(C2(C)CC2)NC1. The topological polar surface area (TPSA) is 52.6 Å². The van der Waals surface area contributed by atoms with Crippen molar-refractivity contribution in [1.82, 2.24) is 10.2 Å². The number of hydrogen-bond donors (Lipinski definition) is 2. The molecule has 0 aromatic heterocycles. The Labute approximate surface area is 153 Å². The smallest absolute Gasteiger partial charge is 0.407 e. The Bertz CT molecular complexity index is 476. The van der Waals surface area contributed by atoms with Crippen molar-refractivity contribution in [3.05, 3.63) is 0 Å². The summed E-state index contributed by atoms with van der Waals surface area (Å²) in [5.74, 6) is 1.44. The van der Waals surface area contributed by atoms with Crippen molar-refractivity contribution in [3.63, 3.8) is 0 Å². The number of nitrogens with one attached hydrogen (secondary N) is 1. The van der Waals surface area contributed by atoms with Gasteiger partial charge in [0.1, 0.15) is 0 Å². The van der Waals surface area contributed by atoms with Crippen LogP contribution in [0.15, 0.2) is 0 Å². The Morgan fingerprint density at radius 3 is 2.04 bits per heavy atom. The predicted molar refractivity (Wildman–Crippen MR) is 102 cm³/mol. The summed E-state index contributed by atoms with van der Waals surface area (Å²) in [6.07, 6.45) is 9.69. The molecule has 1 amide bonds. The molecule has 0 radical (unpaired) electrons. The van der Waals surface area contributed by atoms with Crippen molar-refractivity contribution in [3.8, 4) is 0 Å². The minimum atomic E-state index is -0.727. The Balaban J connectivity index is 0.000000150. The molecule has 4 fully saturated rings. The van der Waals surface area contributed by atoms with Gasteiger partial charge in [-0.3, -0.25) is 0 Å². The molecule has 144 valence electrons. The third-order valence-electron chi connectivity index (χ3n) is 7.45. The van der Waals surface area contributed by atoms with E-state index in [1.54, 1.807) is 4.90 Å². The molecule has 4 rings (SSSR count). The minimum absolute atomic E-state index is 0.288. The van der Waals surface area contributed by atoms with Gasteiger partial charge in [-0.05, 0) is 80.6 Å². The van der Waals surface area contributed by atoms with Crippen molar-refractivity contribution in [2.75, 3.05) is 13.1 Å². The van der Waals surface area contributed by atoms with E-state index in [0.717, 1.165) is 24.9 Å². The number of carboxylic acid groups (broad SMARTS) is 1. The first-order chi connectivity index (χ1) is 11.7. The lowest BCUT2D eigenvalue weighted by atomic mass is 9.86. The molecule has 2 N–H and O–H groups in total. The van der Waals surface area contributed by atoms with Gasteiger partial charge in [0.25, 0.3) is 0 Å². The number of amides is 1. The van der Waals surface area contributed by atoms with E-state index in [1.807, 2.05) is 0 Å². The normalized spacial score (nSPS) is 38.3. The van der Waals surface area contributed by atoms with Crippen LogP contribution < -0.4 is 5.32 Å². The second-order valence-corrected chi connectivity index (χ2v) is 10.1. The summed E-state index contributed by atoms with van der Waals surface area (Å²) in [4.78, 5) is 12.8. The van der Waals surface area contributed by atoms with E-state index < -0.39 is 6.09 Å². The monoisotopic (exact) mass is 350 g/mol. The fraction of sp³-hybridized carbons (Fsp3) is 0.952. The molecule has 2 saturated carbocycles. The highest BCUT2D eigenvalue weighted by Gasteiger charge is 2.50. The van der Waals surface area contributed by atoms with E-state index in [9.17, 15) is 4.79 Å². The highest BCUT2D eigenvalue weighted by Crippen LogP contribution is 2.52. The first-order valence-electron chi connectivity index (χ1n) is 10.5. The number of nitrogens with zero attached hydrogens (tertiary/aromatic N) is 1. The van der Waals surface area contributed by atoms with E-state index in [2.05, 4.69) is 33.0 Å². The summed E-state index contributed by atoms with van der Waals surface area (Å²) in [6.45, 7) is 11.1. The maximum Gasteiger partial charge on any atom is 0.407 e. The number of rotatable bonds is 2. The summed E-state index contributed by atoms with van der Waals surface area (Å²) in [6, 6.07) is 1.13. The molecule has 0 spiro atoms. The van der Waals surface area contributed by atoms with Crippen molar-refractivity contribution in [1.29, 1.82) is 0 Å². The molecule has 2 heterocycles. The van der Waals surface area contributed by atoms with E-state index in [1.165, 1.54) is 51.5 Å². The number of carbonyl (C=O) groups is 1. The molecular formula is C21H38N2O2. The van der Waals surface area contributed by atoms with Crippen LogP contribution in [-0.2, 0) is 0 Å². The maximum absolute atomic E-state index is 11.1. The Morgan fingerprint density at radius 2 is 1.56 bits per heavy atom. The molecule has 4 unspecified atom stereocenters. The van der Waals surface area contributed by atoms with E-state index in [0.29, 0.717) is 16.7 Å². The quantitative estimate of drug-likeness (QED) is 0.756. The molecule has 2 saturated heterocycles. The van der Waals surface area contributed by atoms with Crippen molar-refractivity contribution in [2.45, 2.75) is 91.1 Å². The summed E-state index contributed by atoms with van der Waals surface area (Å²) in [5.41, 5.74) is 0.999. The highest BCUT2D eigenvalue weighted by atomic mass is 16.4. The van der Waals surface area contributed by atoms with Gasteiger partial charge in [0.2, 0.25) is 0 Å². The van der Waals surface area contributed by atoms with Gasteiger partial charge in [0.05, 0.1) is 0 Å². The van der Waals surface area contributed by atoms with E-state index in [4.69, 9.17) is 5.11 Å². The van der Waals surface area contributed by atoms with Crippen LogP contribution in [0.4, 0.5) is 4.79 Å². The van der Waals surface area contributed by atoms with Crippen molar-refractivity contribution >= 4 is 6.09 Å². The van der Waals surface area contributed by atoms with Crippen LogP contribution in [-0.4, -0.2) is 41.3 Å². The standard InChI is InChI=1S/C11H19NO2.C10H19N/c1-8-3-4-9(11(2)5-6-11)12(7-8)10(13)14;1-8-3-4-9(11-7-8)10(2)5-6-10/h8-9H,3-7H2,1-2H3,(H,13,14);8-9,11H,3-7H2,1-2H3. The molecule has 2 aliphatic carbocycles. The van der Waals surface area contributed by atoms with Crippen LogP contribution in [0.3, 0.4) is 0 Å². The molecule has 4 heteroatoms. The molecule has 25 heavy (non-hydrogen) atoms. The number of hydrogen-bond acceptors (Lipinski definition) is 2. The molecule has 4 nitrogen and oxygen atoms in total. The zero-order valence-electron chi connectivity index (χ0n) is 16.7. The van der Waals surface area contributed by atoms with Gasteiger partial charge in [0.15, 0.2) is 0 Å².